The quantitative estimate of drug-likeness (QED) is 0.576. The summed E-state index contributed by atoms with van der Waals surface area (Å²) in [6.45, 7) is 11.0. The van der Waals surface area contributed by atoms with E-state index >= 15 is 0 Å². The normalized spacial score (nSPS) is 4.00. The minimum absolute atomic E-state index is 0. The maximum atomic E-state index is 3.49. The molecule has 0 spiro atoms. The van der Waals surface area contributed by atoms with Gasteiger partial charge in [-0.05, 0) is 0 Å². The van der Waals surface area contributed by atoms with Gasteiger partial charge >= 0.3 is 26.2 Å². The molecule has 0 aromatic heterocycles. The second-order valence-electron chi connectivity index (χ2n) is 1.000. The molecule has 3 heteroatoms. The molecule has 2 nitrogen and oxygen atoms in total. The molecule has 0 rings (SSSR count). The average molecular weight is 211 g/mol. The largest absolute Gasteiger partial charge is 4.00 e. The van der Waals surface area contributed by atoms with Crippen LogP contribution in [0.25, 0.3) is 0 Å². The van der Waals surface area contributed by atoms with E-state index < -0.39 is 0 Å². The van der Waals surface area contributed by atoms with Gasteiger partial charge in [-0.3, -0.25) is 0 Å². The van der Waals surface area contributed by atoms with E-state index in [1.807, 2.05) is 13.8 Å². The summed E-state index contributed by atoms with van der Waals surface area (Å²) in [6, 6.07) is 0. The first-order valence-electron chi connectivity index (χ1n) is 2.41. The monoisotopic (exact) mass is 210 g/mol. The maximum Gasteiger partial charge on any atom is 4.00 e. The summed E-state index contributed by atoms with van der Waals surface area (Å²) in [6.07, 6.45) is 2.00. The molecule has 0 heterocycles. The Labute approximate surface area is 77.8 Å². The number of hydrogen-bond acceptors (Lipinski definition) is 2. The zero-order valence-corrected chi connectivity index (χ0v) is 8.68. The van der Waals surface area contributed by atoms with Crippen molar-refractivity contribution in [2.24, 2.45) is 0 Å². The van der Waals surface area contributed by atoms with Crippen LogP contribution >= 0.6 is 0 Å². The molecule has 0 saturated heterocycles. The topological polar surface area (TPSA) is 60.0 Å². The SMILES string of the molecule is [CH2-]CC.[CH2-]CC.[OH-].[OH-].[Zr+4]. The van der Waals surface area contributed by atoms with Crippen molar-refractivity contribution < 1.29 is 37.2 Å². The van der Waals surface area contributed by atoms with Gasteiger partial charge in [0.25, 0.3) is 0 Å². The fourth-order valence-electron chi connectivity index (χ4n) is 0. The van der Waals surface area contributed by atoms with Crippen LogP contribution in [0.1, 0.15) is 26.7 Å². The standard InChI is InChI=1S/2C3H7.2H2O.Zr/c2*1-3-2;;;/h2*1,3H2,2H3;2*1H2;/q2*-1;;;+4/p-2. The fourth-order valence-corrected chi connectivity index (χ4v) is 0. The fraction of sp³-hybridized carbons (Fsp3) is 0.667. The molecule has 0 aliphatic rings. The summed E-state index contributed by atoms with van der Waals surface area (Å²) >= 11 is 0. The van der Waals surface area contributed by atoms with Gasteiger partial charge in [-0.2, -0.15) is 12.8 Å². The molecule has 0 unspecified atom stereocenters. The Balaban J connectivity index is -0.00000000889. The van der Waals surface area contributed by atoms with Crippen LogP contribution in [0.3, 0.4) is 0 Å². The Morgan fingerprint density at radius 3 is 0.889 bits per heavy atom. The van der Waals surface area contributed by atoms with Gasteiger partial charge in [0.1, 0.15) is 0 Å². The summed E-state index contributed by atoms with van der Waals surface area (Å²) in [4.78, 5) is 0. The molecule has 56 valence electrons. The van der Waals surface area contributed by atoms with E-state index in [0.29, 0.717) is 0 Å². The van der Waals surface area contributed by atoms with Gasteiger partial charge in [-0.15, -0.1) is 0 Å². The van der Waals surface area contributed by atoms with Crippen LogP contribution in [-0.2, 0) is 26.2 Å². The van der Waals surface area contributed by atoms with Crippen molar-refractivity contribution in [1.29, 1.82) is 0 Å². The van der Waals surface area contributed by atoms with E-state index in [4.69, 9.17) is 0 Å². The van der Waals surface area contributed by atoms with E-state index in [0.717, 1.165) is 12.8 Å². The summed E-state index contributed by atoms with van der Waals surface area (Å²) < 4.78 is 0. The summed E-state index contributed by atoms with van der Waals surface area (Å²) in [5.41, 5.74) is 0. The van der Waals surface area contributed by atoms with Gasteiger partial charge < -0.3 is 24.8 Å². The van der Waals surface area contributed by atoms with Gasteiger partial charge in [-0.25, -0.2) is 0 Å². The molecule has 0 saturated carbocycles. The van der Waals surface area contributed by atoms with Gasteiger partial charge in [0.2, 0.25) is 0 Å². The molecule has 0 aliphatic heterocycles. The van der Waals surface area contributed by atoms with Crippen molar-refractivity contribution in [2.45, 2.75) is 26.7 Å². The molecule has 0 atom stereocenters. The van der Waals surface area contributed by atoms with Crippen LogP contribution in [-0.4, -0.2) is 11.0 Å². The van der Waals surface area contributed by atoms with Gasteiger partial charge in [0.05, 0.1) is 0 Å². The van der Waals surface area contributed by atoms with Crippen molar-refractivity contribution in [2.75, 3.05) is 0 Å². The zero-order chi connectivity index (χ0) is 5.41. The Hall–Kier alpha value is 0.803. The Kier molecular flexibility index (Phi) is 250. The molecule has 0 radical (unpaired) electrons. The number of hydrogen-bond donors (Lipinski definition) is 0. The van der Waals surface area contributed by atoms with Gasteiger partial charge in [0.15, 0.2) is 0 Å². The minimum Gasteiger partial charge on any atom is -0.870 e. The predicted octanol–water partition coefficient (Wildman–Crippen LogP) is 2.10. The third-order valence-corrected chi connectivity index (χ3v) is 0. The molecule has 0 fully saturated rings. The van der Waals surface area contributed by atoms with Crippen molar-refractivity contribution in [1.82, 2.24) is 0 Å². The second kappa shape index (κ2) is 68.2. The Bertz CT molecular complexity index is 13.0. The molecule has 0 aromatic carbocycles. The predicted molar refractivity (Wildman–Crippen MR) is 35.2 cm³/mol. The molecule has 0 amide bonds. The first-order chi connectivity index (χ1) is 2.83. The van der Waals surface area contributed by atoms with Crippen LogP contribution < -0.4 is 0 Å². The summed E-state index contributed by atoms with van der Waals surface area (Å²) in [5, 5.41) is 0. The van der Waals surface area contributed by atoms with Crippen molar-refractivity contribution in [3.8, 4) is 0 Å². The van der Waals surface area contributed by atoms with E-state index in [1.54, 1.807) is 0 Å². The Morgan fingerprint density at radius 1 is 0.889 bits per heavy atom. The number of rotatable bonds is 0. The van der Waals surface area contributed by atoms with Crippen molar-refractivity contribution in [3.63, 3.8) is 0 Å². The third kappa shape index (κ3) is 632. The van der Waals surface area contributed by atoms with Gasteiger partial charge in [0, 0.05) is 0 Å². The van der Waals surface area contributed by atoms with Crippen molar-refractivity contribution in [3.05, 3.63) is 13.8 Å². The van der Waals surface area contributed by atoms with Crippen molar-refractivity contribution >= 4 is 0 Å². The second-order valence-corrected chi connectivity index (χ2v) is 1.000. The van der Waals surface area contributed by atoms with Crippen LogP contribution in [0, 0.1) is 13.8 Å². The third-order valence-electron chi connectivity index (χ3n) is 0. The molecule has 0 aromatic rings. The van der Waals surface area contributed by atoms with E-state index in [-0.39, 0.29) is 37.2 Å². The molecule has 0 bridgehead atoms. The van der Waals surface area contributed by atoms with Crippen LogP contribution in [0.2, 0.25) is 0 Å². The zero-order valence-electron chi connectivity index (χ0n) is 6.22. The van der Waals surface area contributed by atoms with Crippen LogP contribution in [0.15, 0.2) is 0 Å². The van der Waals surface area contributed by atoms with E-state index in [2.05, 4.69) is 13.8 Å². The van der Waals surface area contributed by atoms with E-state index in [9.17, 15) is 0 Å². The van der Waals surface area contributed by atoms with Crippen LogP contribution in [0.5, 0.6) is 0 Å². The molecule has 9 heavy (non-hydrogen) atoms. The molecule has 0 aliphatic carbocycles. The van der Waals surface area contributed by atoms with E-state index in [1.165, 1.54) is 0 Å². The summed E-state index contributed by atoms with van der Waals surface area (Å²) in [7, 11) is 0. The van der Waals surface area contributed by atoms with Crippen LogP contribution in [0.4, 0.5) is 0 Å². The average Bonchev–Trinajstić information content (AvgIpc) is 1.39. The molecular weight excluding hydrogens is 195 g/mol. The minimum atomic E-state index is 0. The first-order valence-corrected chi connectivity index (χ1v) is 2.41. The Morgan fingerprint density at radius 2 is 0.889 bits per heavy atom. The summed E-state index contributed by atoms with van der Waals surface area (Å²) in [5.74, 6) is 0. The molecule has 2 N–H and O–H groups in total. The smallest absolute Gasteiger partial charge is 0.870 e. The van der Waals surface area contributed by atoms with Gasteiger partial charge in [-0.1, -0.05) is 13.8 Å². The first kappa shape index (κ1) is 32.9. The molecular formula is C6H16O2Zr. The maximum absolute atomic E-state index is 3.49.